The minimum Gasteiger partial charge on any atom is -0.359 e. The van der Waals surface area contributed by atoms with Crippen LogP contribution < -0.4 is 5.32 Å². The van der Waals surface area contributed by atoms with Gasteiger partial charge in [-0.2, -0.15) is 5.10 Å². The molecule has 3 heterocycles. The summed E-state index contributed by atoms with van der Waals surface area (Å²) in [5, 5.41) is 8.62. The Kier molecular flexibility index (Phi) is 4.42. The van der Waals surface area contributed by atoms with E-state index in [4.69, 9.17) is 0 Å². The third-order valence-electron chi connectivity index (χ3n) is 3.98. The molecule has 0 saturated heterocycles. The molecule has 0 unspecified atom stereocenters. The van der Waals surface area contributed by atoms with E-state index >= 15 is 0 Å². The summed E-state index contributed by atoms with van der Waals surface area (Å²) in [4.78, 5) is 13.4. The summed E-state index contributed by atoms with van der Waals surface area (Å²) in [6.07, 6.45) is 7.31. The van der Waals surface area contributed by atoms with Crippen LogP contribution in [0, 0.1) is 0 Å². The lowest BCUT2D eigenvalue weighted by molar-refractivity contribution is 0.437. The largest absolute Gasteiger partial charge is 0.359 e. The summed E-state index contributed by atoms with van der Waals surface area (Å²) in [5.74, 6) is 2.65. The van der Waals surface area contributed by atoms with Crippen LogP contribution >= 0.6 is 11.8 Å². The molecule has 4 rings (SSSR count). The normalized spacial score (nSPS) is 16.6. The molecule has 0 amide bonds. The number of benzene rings is 1. The molecule has 0 radical (unpaired) electrons. The molecule has 1 aliphatic heterocycles. The molecular weight excluding hydrogens is 320 g/mol. The second-order valence-electron chi connectivity index (χ2n) is 5.70. The molecule has 1 atom stereocenters. The Morgan fingerprint density at radius 3 is 3.04 bits per heavy atom. The Morgan fingerprint density at radius 1 is 1.21 bits per heavy atom. The van der Waals surface area contributed by atoms with Crippen molar-refractivity contribution >= 4 is 17.6 Å². The predicted octanol–water partition coefficient (Wildman–Crippen LogP) is 3.31. The van der Waals surface area contributed by atoms with E-state index < -0.39 is 0 Å². The number of anilines is 1. The van der Waals surface area contributed by atoms with Crippen molar-refractivity contribution in [3.05, 3.63) is 60.4 Å². The van der Waals surface area contributed by atoms with Gasteiger partial charge in [0.15, 0.2) is 0 Å². The average Bonchev–Trinajstić information content (AvgIpc) is 3.11. The Morgan fingerprint density at radius 2 is 2.12 bits per heavy atom. The van der Waals surface area contributed by atoms with Gasteiger partial charge >= 0.3 is 0 Å². The zero-order valence-corrected chi connectivity index (χ0v) is 14.0. The first-order valence-corrected chi connectivity index (χ1v) is 9.00. The van der Waals surface area contributed by atoms with Crippen molar-refractivity contribution in [1.29, 1.82) is 0 Å². The van der Waals surface area contributed by atoms with Gasteiger partial charge in [-0.3, -0.25) is 4.98 Å². The highest BCUT2D eigenvalue weighted by Crippen LogP contribution is 2.27. The van der Waals surface area contributed by atoms with E-state index in [-0.39, 0.29) is 6.04 Å². The van der Waals surface area contributed by atoms with Gasteiger partial charge in [-0.15, -0.1) is 11.8 Å². The topological polar surface area (TPSA) is 68.5 Å². The smallest absolute Gasteiger partial charge is 0.149 e. The Balaban J connectivity index is 1.44. The first kappa shape index (κ1) is 15.1. The van der Waals surface area contributed by atoms with E-state index in [1.54, 1.807) is 24.3 Å². The summed E-state index contributed by atoms with van der Waals surface area (Å²) in [6.45, 7) is 0.937. The minimum atomic E-state index is 0.143. The van der Waals surface area contributed by atoms with Crippen molar-refractivity contribution in [1.82, 2.24) is 24.7 Å². The Labute approximate surface area is 144 Å². The number of fused-ring (bicyclic) bond motifs is 1. The van der Waals surface area contributed by atoms with Gasteiger partial charge in [0.1, 0.15) is 23.0 Å². The van der Waals surface area contributed by atoms with Crippen LogP contribution in [0.2, 0.25) is 0 Å². The van der Waals surface area contributed by atoms with Gasteiger partial charge in [-0.25, -0.2) is 14.6 Å². The molecule has 0 saturated carbocycles. The highest BCUT2D eigenvalue weighted by Gasteiger charge is 2.22. The van der Waals surface area contributed by atoms with E-state index in [2.05, 4.69) is 49.6 Å². The monoisotopic (exact) mass is 338 g/mol. The quantitative estimate of drug-likeness (QED) is 0.720. The van der Waals surface area contributed by atoms with Crippen LogP contribution in [-0.2, 0) is 12.3 Å². The van der Waals surface area contributed by atoms with Crippen LogP contribution in [0.25, 0.3) is 0 Å². The molecule has 3 aromatic rings. The first-order chi connectivity index (χ1) is 11.9. The summed E-state index contributed by atoms with van der Waals surface area (Å²) in [7, 11) is 0. The fourth-order valence-corrected chi connectivity index (χ4v) is 3.63. The van der Waals surface area contributed by atoms with Gasteiger partial charge in [-0.05, 0) is 18.4 Å². The summed E-state index contributed by atoms with van der Waals surface area (Å²) in [5.41, 5.74) is 1.28. The lowest BCUT2D eigenvalue weighted by atomic mass is 10.1. The first-order valence-electron chi connectivity index (χ1n) is 8.01. The number of aryl methyl sites for hydroxylation is 1. The van der Waals surface area contributed by atoms with E-state index in [0.717, 1.165) is 41.8 Å². The van der Waals surface area contributed by atoms with Crippen LogP contribution in [-0.4, -0.2) is 24.7 Å². The number of hydrogen-bond acceptors (Lipinski definition) is 6. The maximum Gasteiger partial charge on any atom is 0.149 e. The van der Waals surface area contributed by atoms with Gasteiger partial charge in [0.25, 0.3) is 0 Å². The molecule has 122 valence electrons. The number of rotatable bonds is 5. The highest BCUT2D eigenvalue weighted by atomic mass is 32.2. The van der Waals surface area contributed by atoms with Gasteiger partial charge in [0.2, 0.25) is 0 Å². The lowest BCUT2D eigenvalue weighted by Gasteiger charge is -2.23. The molecule has 7 heteroatoms. The van der Waals surface area contributed by atoms with Crippen LogP contribution in [0.4, 0.5) is 5.82 Å². The molecule has 0 aliphatic carbocycles. The SMILES string of the molecule is c1ccc(CSc2cncc(N[C@H]3CCCn4ncnc43)n2)cc1. The van der Waals surface area contributed by atoms with Crippen LogP contribution in [0.3, 0.4) is 0 Å². The number of nitrogens with zero attached hydrogens (tertiary/aromatic N) is 5. The van der Waals surface area contributed by atoms with Crippen molar-refractivity contribution in [3.63, 3.8) is 0 Å². The standard InChI is InChI=1S/C17H18N6S/c1-2-5-13(6-3-1)11-24-16-10-18-9-15(22-16)21-14-7-4-8-23-17(14)19-12-20-23/h1-3,5-6,9-10,12,14H,4,7-8,11H2,(H,21,22)/t14-/m0/s1. The fraction of sp³-hybridized carbons (Fsp3) is 0.294. The molecule has 1 N–H and O–H groups in total. The van der Waals surface area contributed by atoms with Crippen molar-refractivity contribution in [2.75, 3.05) is 5.32 Å². The molecule has 6 nitrogen and oxygen atoms in total. The van der Waals surface area contributed by atoms with Crippen LogP contribution in [0.5, 0.6) is 0 Å². The zero-order valence-electron chi connectivity index (χ0n) is 13.2. The van der Waals surface area contributed by atoms with Gasteiger partial charge in [0.05, 0.1) is 18.4 Å². The number of hydrogen-bond donors (Lipinski definition) is 1. The van der Waals surface area contributed by atoms with E-state index in [0.29, 0.717) is 0 Å². The Hall–Kier alpha value is -2.41. The van der Waals surface area contributed by atoms with E-state index in [9.17, 15) is 0 Å². The maximum absolute atomic E-state index is 4.67. The minimum absolute atomic E-state index is 0.143. The molecule has 0 bridgehead atoms. The third kappa shape index (κ3) is 3.41. The maximum atomic E-state index is 4.67. The summed E-state index contributed by atoms with van der Waals surface area (Å²) < 4.78 is 1.96. The lowest BCUT2D eigenvalue weighted by Crippen LogP contribution is -2.23. The molecular formula is C17H18N6S. The number of nitrogens with one attached hydrogen (secondary N) is 1. The van der Waals surface area contributed by atoms with Crippen molar-refractivity contribution < 1.29 is 0 Å². The molecule has 0 fully saturated rings. The summed E-state index contributed by atoms with van der Waals surface area (Å²) >= 11 is 1.69. The van der Waals surface area contributed by atoms with E-state index in [1.165, 1.54) is 5.56 Å². The third-order valence-corrected chi connectivity index (χ3v) is 4.95. The van der Waals surface area contributed by atoms with Crippen molar-refractivity contribution in [3.8, 4) is 0 Å². The van der Waals surface area contributed by atoms with Gasteiger partial charge < -0.3 is 5.32 Å². The van der Waals surface area contributed by atoms with Gasteiger partial charge in [-0.1, -0.05) is 30.3 Å². The number of thioether (sulfide) groups is 1. The molecule has 1 aromatic carbocycles. The fourth-order valence-electron chi connectivity index (χ4n) is 2.82. The zero-order chi connectivity index (χ0) is 16.2. The predicted molar refractivity (Wildman–Crippen MR) is 93.7 cm³/mol. The molecule has 2 aromatic heterocycles. The molecule has 24 heavy (non-hydrogen) atoms. The van der Waals surface area contributed by atoms with Crippen molar-refractivity contribution in [2.45, 2.75) is 36.2 Å². The summed E-state index contributed by atoms with van der Waals surface area (Å²) in [6, 6.07) is 10.5. The van der Waals surface area contributed by atoms with Gasteiger partial charge in [0, 0.05) is 12.3 Å². The van der Waals surface area contributed by atoms with Crippen LogP contribution in [0.15, 0.2) is 54.1 Å². The Bertz CT molecular complexity index is 804. The second-order valence-corrected chi connectivity index (χ2v) is 6.69. The van der Waals surface area contributed by atoms with E-state index in [1.807, 2.05) is 16.9 Å². The molecule has 1 aliphatic rings. The average molecular weight is 338 g/mol. The number of aromatic nitrogens is 5. The molecule has 0 spiro atoms. The highest BCUT2D eigenvalue weighted by molar-refractivity contribution is 7.98. The van der Waals surface area contributed by atoms with Crippen molar-refractivity contribution in [2.24, 2.45) is 0 Å². The second kappa shape index (κ2) is 7.00. The van der Waals surface area contributed by atoms with Crippen LogP contribution in [0.1, 0.15) is 30.3 Å².